The van der Waals surface area contributed by atoms with Crippen LogP contribution in [0.5, 0.6) is 0 Å². The molecule has 0 radical (unpaired) electrons. The zero-order valence-corrected chi connectivity index (χ0v) is 11.2. The minimum absolute atomic E-state index is 0.00352. The summed E-state index contributed by atoms with van der Waals surface area (Å²) in [4.78, 5) is 17.9. The lowest BCUT2D eigenvalue weighted by molar-refractivity contribution is 0.102. The fourth-order valence-corrected chi connectivity index (χ4v) is 3.84. The summed E-state index contributed by atoms with van der Waals surface area (Å²) in [6.45, 7) is 2.65. The van der Waals surface area contributed by atoms with E-state index < -0.39 is 9.84 Å². The number of carbonyl (C=O) groups excluding carboxylic acids is 1. The number of hydrogen-bond acceptors (Lipinski definition) is 6. The standard InChI is InChI=1S/C10H14N2O3S2/c1-8(13)9-7-11-10(16-9)12-3-2-5-17(14,15)6-4-12/h7H,2-6H2,1H3. The van der Waals surface area contributed by atoms with Gasteiger partial charge >= 0.3 is 0 Å². The maximum Gasteiger partial charge on any atom is 0.185 e. The fraction of sp³-hybridized carbons (Fsp3) is 0.600. The summed E-state index contributed by atoms with van der Waals surface area (Å²) >= 11 is 1.33. The zero-order valence-electron chi connectivity index (χ0n) is 9.55. The van der Waals surface area contributed by atoms with Crippen LogP contribution in [0, 0.1) is 0 Å². The molecule has 0 spiro atoms. The van der Waals surface area contributed by atoms with E-state index in [0.717, 1.165) is 5.13 Å². The van der Waals surface area contributed by atoms with Gasteiger partial charge in [-0.2, -0.15) is 0 Å². The van der Waals surface area contributed by atoms with Gasteiger partial charge in [0.25, 0.3) is 0 Å². The molecule has 0 N–H and O–H groups in total. The van der Waals surface area contributed by atoms with Gasteiger partial charge in [0, 0.05) is 20.0 Å². The molecule has 2 rings (SSSR count). The Morgan fingerprint density at radius 1 is 1.41 bits per heavy atom. The molecule has 1 aliphatic heterocycles. The SMILES string of the molecule is CC(=O)c1cnc(N2CCCS(=O)(=O)CC2)s1. The summed E-state index contributed by atoms with van der Waals surface area (Å²) in [5.74, 6) is 0.410. The second-order valence-corrected chi connectivity index (χ2v) is 7.37. The van der Waals surface area contributed by atoms with Gasteiger partial charge in [-0.25, -0.2) is 13.4 Å². The van der Waals surface area contributed by atoms with Crippen molar-refractivity contribution in [3.63, 3.8) is 0 Å². The molecule has 1 saturated heterocycles. The molecular weight excluding hydrogens is 260 g/mol. The first kappa shape index (κ1) is 12.5. The minimum atomic E-state index is -2.90. The number of nitrogens with zero attached hydrogens (tertiary/aromatic N) is 2. The van der Waals surface area contributed by atoms with Crippen LogP contribution in [0.2, 0.25) is 0 Å². The molecule has 1 aromatic rings. The van der Waals surface area contributed by atoms with E-state index in [4.69, 9.17) is 0 Å². The van der Waals surface area contributed by atoms with Crippen molar-refractivity contribution < 1.29 is 13.2 Å². The average Bonchev–Trinajstić information content (AvgIpc) is 2.65. The largest absolute Gasteiger partial charge is 0.347 e. The Bertz CT molecular complexity index is 521. The first-order valence-electron chi connectivity index (χ1n) is 5.40. The summed E-state index contributed by atoms with van der Waals surface area (Å²) in [5, 5.41) is 0.743. The molecule has 5 nitrogen and oxygen atoms in total. The second-order valence-electron chi connectivity index (χ2n) is 4.06. The first-order chi connectivity index (χ1) is 7.98. The Morgan fingerprint density at radius 3 is 2.82 bits per heavy atom. The summed E-state index contributed by atoms with van der Waals surface area (Å²) in [7, 11) is -2.90. The maximum absolute atomic E-state index is 11.5. The number of rotatable bonds is 2. The molecular formula is C10H14N2O3S2. The van der Waals surface area contributed by atoms with Gasteiger partial charge in [0.1, 0.15) is 0 Å². The van der Waals surface area contributed by atoms with E-state index in [1.807, 2.05) is 4.90 Å². The topological polar surface area (TPSA) is 67.3 Å². The monoisotopic (exact) mass is 274 g/mol. The Balaban J connectivity index is 2.14. The molecule has 94 valence electrons. The van der Waals surface area contributed by atoms with E-state index in [2.05, 4.69) is 4.98 Å². The lowest BCUT2D eigenvalue weighted by Crippen LogP contribution is -2.26. The van der Waals surface area contributed by atoms with Crippen molar-refractivity contribution in [2.45, 2.75) is 13.3 Å². The van der Waals surface area contributed by atoms with E-state index in [-0.39, 0.29) is 17.3 Å². The van der Waals surface area contributed by atoms with Crippen molar-refractivity contribution in [3.05, 3.63) is 11.1 Å². The molecule has 0 bridgehead atoms. The number of hydrogen-bond donors (Lipinski definition) is 0. The Kier molecular flexibility index (Phi) is 3.48. The Hall–Kier alpha value is -0.950. The van der Waals surface area contributed by atoms with Crippen LogP contribution in [-0.2, 0) is 9.84 Å². The fourth-order valence-electron chi connectivity index (χ4n) is 1.70. The lowest BCUT2D eigenvalue weighted by atomic mass is 10.4. The van der Waals surface area contributed by atoms with Crippen LogP contribution in [0.4, 0.5) is 5.13 Å². The maximum atomic E-state index is 11.5. The number of sulfone groups is 1. The molecule has 0 atom stereocenters. The molecule has 17 heavy (non-hydrogen) atoms. The van der Waals surface area contributed by atoms with E-state index >= 15 is 0 Å². The van der Waals surface area contributed by atoms with Crippen molar-refractivity contribution in [1.29, 1.82) is 0 Å². The van der Waals surface area contributed by atoms with E-state index in [9.17, 15) is 13.2 Å². The quantitative estimate of drug-likeness (QED) is 0.752. The third kappa shape index (κ3) is 3.04. The van der Waals surface area contributed by atoms with Gasteiger partial charge in [-0.15, -0.1) is 0 Å². The van der Waals surface area contributed by atoms with Crippen LogP contribution in [-0.4, -0.2) is 43.8 Å². The smallest absolute Gasteiger partial charge is 0.185 e. The highest BCUT2D eigenvalue weighted by atomic mass is 32.2. The van der Waals surface area contributed by atoms with Crippen molar-refractivity contribution >= 4 is 32.1 Å². The minimum Gasteiger partial charge on any atom is -0.347 e. The van der Waals surface area contributed by atoms with Gasteiger partial charge in [-0.05, 0) is 6.42 Å². The number of ketones is 1. The molecule has 2 heterocycles. The van der Waals surface area contributed by atoms with Crippen LogP contribution in [0.3, 0.4) is 0 Å². The van der Waals surface area contributed by atoms with Gasteiger partial charge in [-0.3, -0.25) is 4.79 Å². The first-order valence-corrected chi connectivity index (χ1v) is 8.04. The van der Waals surface area contributed by atoms with Crippen LogP contribution >= 0.6 is 11.3 Å². The van der Waals surface area contributed by atoms with Gasteiger partial charge in [0.05, 0.1) is 22.6 Å². The van der Waals surface area contributed by atoms with E-state index in [1.165, 1.54) is 18.3 Å². The molecule has 0 unspecified atom stereocenters. The molecule has 0 amide bonds. The summed E-state index contributed by atoms with van der Waals surface area (Å²) in [6.07, 6.45) is 2.18. The molecule has 1 aliphatic rings. The number of aromatic nitrogens is 1. The highest BCUT2D eigenvalue weighted by Gasteiger charge is 2.21. The molecule has 0 aliphatic carbocycles. The Morgan fingerprint density at radius 2 is 2.18 bits per heavy atom. The zero-order chi connectivity index (χ0) is 12.5. The average molecular weight is 274 g/mol. The summed E-state index contributed by atoms with van der Waals surface area (Å²) < 4.78 is 22.9. The van der Waals surface area contributed by atoms with Crippen molar-refractivity contribution in [2.75, 3.05) is 29.5 Å². The number of anilines is 1. The van der Waals surface area contributed by atoms with Gasteiger partial charge in [0.15, 0.2) is 20.8 Å². The van der Waals surface area contributed by atoms with Crippen LogP contribution < -0.4 is 4.90 Å². The van der Waals surface area contributed by atoms with Crippen LogP contribution in [0.15, 0.2) is 6.20 Å². The molecule has 0 saturated carbocycles. The molecule has 0 aromatic carbocycles. The van der Waals surface area contributed by atoms with Gasteiger partial charge in [-0.1, -0.05) is 11.3 Å². The van der Waals surface area contributed by atoms with Crippen LogP contribution in [0.25, 0.3) is 0 Å². The molecule has 7 heteroatoms. The van der Waals surface area contributed by atoms with Crippen molar-refractivity contribution in [2.24, 2.45) is 0 Å². The van der Waals surface area contributed by atoms with Crippen LogP contribution in [0.1, 0.15) is 23.0 Å². The number of carbonyl (C=O) groups is 1. The Labute approximate surface area is 104 Å². The van der Waals surface area contributed by atoms with Crippen molar-refractivity contribution in [1.82, 2.24) is 4.98 Å². The summed E-state index contributed by atoms with van der Waals surface area (Å²) in [5.41, 5.74) is 0. The van der Waals surface area contributed by atoms with Gasteiger partial charge < -0.3 is 4.90 Å². The second kappa shape index (κ2) is 4.73. The number of thiazole rings is 1. The van der Waals surface area contributed by atoms with Gasteiger partial charge in [0.2, 0.25) is 0 Å². The van der Waals surface area contributed by atoms with E-state index in [0.29, 0.717) is 24.4 Å². The highest BCUT2D eigenvalue weighted by molar-refractivity contribution is 7.91. The van der Waals surface area contributed by atoms with Crippen molar-refractivity contribution in [3.8, 4) is 0 Å². The normalized spacial score (nSPS) is 19.9. The van der Waals surface area contributed by atoms with E-state index in [1.54, 1.807) is 6.20 Å². The molecule has 1 aromatic heterocycles. The predicted octanol–water partition coefficient (Wildman–Crippen LogP) is 0.971. The third-order valence-corrected chi connectivity index (χ3v) is 5.54. The lowest BCUT2D eigenvalue weighted by Gasteiger charge is -2.17. The number of Topliss-reactive ketones (excluding diaryl/α,β-unsaturated/α-hetero) is 1. The third-order valence-electron chi connectivity index (χ3n) is 2.67. The summed E-state index contributed by atoms with van der Waals surface area (Å²) in [6, 6.07) is 0. The predicted molar refractivity (Wildman–Crippen MR) is 67.6 cm³/mol. The highest BCUT2D eigenvalue weighted by Crippen LogP contribution is 2.24. The molecule has 1 fully saturated rings.